The molecule has 1 aliphatic rings. The quantitative estimate of drug-likeness (QED) is 0.815. The van der Waals surface area contributed by atoms with E-state index in [0.29, 0.717) is 11.7 Å². The van der Waals surface area contributed by atoms with E-state index in [-0.39, 0.29) is 18.4 Å². The van der Waals surface area contributed by atoms with E-state index < -0.39 is 0 Å². The maximum absolute atomic E-state index is 12.5. The minimum absolute atomic E-state index is 0.0918. The maximum Gasteiger partial charge on any atom is 0.228 e. The van der Waals surface area contributed by atoms with Crippen molar-refractivity contribution >= 4 is 5.91 Å². The van der Waals surface area contributed by atoms with Crippen molar-refractivity contribution in [2.24, 2.45) is 5.92 Å². The molecule has 1 amide bonds. The number of carbonyl (C=O) groups is 1. The fraction of sp³-hybridized carbons (Fsp3) is 0.647. The second kappa shape index (κ2) is 7.77. The average Bonchev–Trinajstić information content (AvgIpc) is 3.05. The Labute approximate surface area is 147 Å². The number of aryl methyl sites for hydroxylation is 1. The second-order valence-corrected chi connectivity index (χ2v) is 6.99. The number of rotatable bonds is 6. The summed E-state index contributed by atoms with van der Waals surface area (Å²) in [4.78, 5) is 12.5. The molecule has 136 valence electrons. The van der Waals surface area contributed by atoms with Gasteiger partial charge in [0.15, 0.2) is 5.82 Å². The van der Waals surface area contributed by atoms with Gasteiger partial charge in [-0.15, -0.1) is 10.2 Å². The van der Waals surface area contributed by atoms with Crippen molar-refractivity contribution in [1.29, 1.82) is 0 Å². The zero-order valence-electron chi connectivity index (χ0n) is 15.1. The highest BCUT2D eigenvalue weighted by molar-refractivity contribution is 5.78. The predicted octanol–water partition coefficient (Wildman–Crippen LogP) is 1.17. The first-order chi connectivity index (χ1) is 12.0. The molecule has 8 heteroatoms. The molecule has 0 radical (unpaired) electrons. The third kappa shape index (κ3) is 4.45. The van der Waals surface area contributed by atoms with E-state index in [4.69, 9.17) is 4.52 Å². The minimum atomic E-state index is -0.157. The van der Waals surface area contributed by atoms with Gasteiger partial charge in [0, 0.05) is 32.1 Å². The largest absolute Gasteiger partial charge is 0.361 e. The van der Waals surface area contributed by atoms with Crippen molar-refractivity contribution in [3.63, 3.8) is 0 Å². The van der Waals surface area contributed by atoms with Crippen LogP contribution in [0.1, 0.15) is 49.4 Å². The summed E-state index contributed by atoms with van der Waals surface area (Å²) in [7, 11) is 0. The van der Waals surface area contributed by atoms with Crippen molar-refractivity contribution in [3.8, 4) is 0 Å². The molecule has 0 aromatic carbocycles. The van der Waals surface area contributed by atoms with Crippen LogP contribution in [-0.4, -0.2) is 38.9 Å². The maximum atomic E-state index is 12.5. The topological polar surface area (TPSA) is 97.9 Å². The molecule has 0 saturated heterocycles. The summed E-state index contributed by atoms with van der Waals surface area (Å²) >= 11 is 0. The monoisotopic (exact) mass is 346 g/mol. The Hall–Kier alpha value is -2.22. The van der Waals surface area contributed by atoms with Crippen LogP contribution in [0.25, 0.3) is 0 Å². The average molecular weight is 346 g/mol. The minimum Gasteiger partial charge on any atom is -0.361 e. The summed E-state index contributed by atoms with van der Waals surface area (Å²) in [6.45, 7) is 8.73. The summed E-state index contributed by atoms with van der Waals surface area (Å²) in [5.74, 6) is 2.73. The second-order valence-electron chi connectivity index (χ2n) is 6.99. The first-order valence-electron chi connectivity index (χ1n) is 8.87. The van der Waals surface area contributed by atoms with E-state index in [2.05, 4.69) is 44.4 Å². The van der Waals surface area contributed by atoms with Gasteiger partial charge in [0.1, 0.15) is 11.6 Å². The molecule has 0 spiro atoms. The first-order valence-corrected chi connectivity index (χ1v) is 8.87. The predicted molar refractivity (Wildman–Crippen MR) is 91.9 cm³/mol. The van der Waals surface area contributed by atoms with E-state index in [9.17, 15) is 4.79 Å². The fourth-order valence-electron chi connectivity index (χ4n) is 3.16. The van der Waals surface area contributed by atoms with Crippen molar-refractivity contribution in [1.82, 2.24) is 30.6 Å². The lowest BCUT2D eigenvalue weighted by molar-refractivity contribution is -0.121. The number of amides is 1. The Morgan fingerprint density at radius 3 is 2.96 bits per heavy atom. The number of aromatic nitrogens is 4. The molecular formula is C17H26N6O2. The molecule has 0 bridgehead atoms. The highest BCUT2D eigenvalue weighted by Gasteiger charge is 2.25. The number of carbonyl (C=O) groups excluding carboxylic acids is 1. The van der Waals surface area contributed by atoms with E-state index in [0.717, 1.165) is 49.8 Å². The van der Waals surface area contributed by atoms with Gasteiger partial charge in [-0.2, -0.15) is 0 Å². The molecule has 1 aliphatic heterocycles. The lowest BCUT2D eigenvalue weighted by Gasteiger charge is -2.21. The molecule has 1 unspecified atom stereocenters. The van der Waals surface area contributed by atoms with E-state index in [1.54, 1.807) is 6.07 Å². The third-order valence-corrected chi connectivity index (χ3v) is 4.26. The number of fused-ring (bicyclic) bond motifs is 1. The normalized spacial score (nSPS) is 15.7. The molecule has 0 aliphatic carbocycles. The number of hydrogen-bond donors (Lipinski definition) is 2. The van der Waals surface area contributed by atoms with Crippen molar-refractivity contribution < 1.29 is 9.32 Å². The van der Waals surface area contributed by atoms with Gasteiger partial charge in [0.2, 0.25) is 5.91 Å². The lowest BCUT2D eigenvalue weighted by atomic mass is 10.0. The van der Waals surface area contributed by atoms with Gasteiger partial charge in [-0.25, -0.2) is 0 Å². The van der Waals surface area contributed by atoms with Gasteiger partial charge in [0.05, 0.1) is 18.2 Å². The summed E-state index contributed by atoms with van der Waals surface area (Å²) in [6, 6.07) is 1.63. The molecule has 2 N–H and O–H groups in total. The van der Waals surface area contributed by atoms with Gasteiger partial charge < -0.3 is 19.7 Å². The van der Waals surface area contributed by atoms with Crippen LogP contribution in [0.2, 0.25) is 0 Å². The Morgan fingerprint density at radius 1 is 1.40 bits per heavy atom. The van der Waals surface area contributed by atoms with Crippen LogP contribution in [0.3, 0.4) is 0 Å². The van der Waals surface area contributed by atoms with Crippen molar-refractivity contribution in [2.75, 3.05) is 13.1 Å². The molecular weight excluding hydrogens is 320 g/mol. The van der Waals surface area contributed by atoms with Gasteiger partial charge in [-0.05, 0) is 19.3 Å². The van der Waals surface area contributed by atoms with E-state index in [1.165, 1.54) is 0 Å². The highest BCUT2D eigenvalue weighted by Crippen LogP contribution is 2.21. The molecule has 1 atom stereocenters. The molecule has 2 aromatic heterocycles. The van der Waals surface area contributed by atoms with E-state index >= 15 is 0 Å². The Bertz CT molecular complexity index is 721. The van der Waals surface area contributed by atoms with Crippen LogP contribution >= 0.6 is 0 Å². The smallest absolute Gasteiger partial charge is 0.228 e. The molecule has 2 aromatic rings. The summed E-state index contributed by atoms with van der Waals surface area (Å²) < 4.78 is 7.29. The van der Waals surface area contributed by atoms with Gasteiger partial charge in [-0.3, -0.25) is 4.79 Å². The van der Waals surface area contributed by atoms with Crippen LogP contribution in [-0.2, 0) is 24.2 Å². The van der Waals surface area contributed by atoms with Crippen LogP contribution in [0, 0.1) is 12.8 Å². The zero-order chi connectivity index (χ0) is 17.8. The number of hydrogen-bond acceptors (Lipinski definition) is 6. The zero-order valence-corrected chi connectivity index (χ0v) is 15.1. The fourth-order valence-corrected chi connectivity index (χ4v) is 3.16. The molecule has 3 rings (SSSR count). The van der Waals surface area contributed by atoms with Crippen LogP contribution in [0.4, 0.5) is 0 Å². The molecule has 0 fully saturated rings. The summed E-state index contributed by atoms with van der Waals surface area (Å²) in [5.41, 5.74) is 0.775. The Balaban J connectivity index is 1.75. The third-order valence-electron chi connectivity index (χ3n) is 4.26. The number of nitrogens with one attached hydrogen (secondary N) is 2. The van der Waals surface area contributed by atoms with Crippen LogP contribution in [0.15, 0.2) is 10.6 Å². The molecule has 0 saturated carbocycles. The standard InChI is InChI=1S/C17H26N6O2/c1-11(2)8-14(19-16(24)10-13-9-12(3)22-25-13)17-21-20-15-4-5-18-6-7-23(15)17/h9,11,14,18H,4-8,10H2,1-3H3,(H,19,24). The van der Waals surface area contributed by atoms with Crippen molar-refractivity contribution in [3.05, 3.63) is 29.2 Å². The summed E-state index contributed by atoms with van der Waals surface area (Å²) in [6.07, 6.45) is 1.84. The Kier molecular flexibility index (Phi) is 5.47. The van der Waals surface area contributed by atoms with Gasteiger partial charge >= 0.3 is 0 Å². The molecule has 3 heterocycles. The van der Waals surface area contributed by atoms with Crippen molar-refractivity contribution in [2.45, 2.75) is 52.6 Å². The van der Waals surface area contributed by atoms with E-state index in [1.807, 2.05) is 6.92 Å². The first kappa shape index (κ1) is 17.6. The lowest BCUT2D eigenvalue weighted by Crippen LogP contribution is -2.33. The van der Waals surface area contributed by atoms with Crippen LogP contribution < -0.4 is 10.6 Å². The van der Waals surface area contributed by atoms with Gasteiger partial charge in [-0.1, -0.05) is 19.0 Å². The highest BCUT2D eigenvalue weighted by atomic mass is 16.5. The van der Waals surface area contributed by atoms with Crippen LogP contribution in [0.5, 0.6) is 0 Å². The van der Waals surface area contributed by atoms with Gasteiger partial charge in [0.25, 0.3) is 0 Å². The molecule has 25 heavy (non-hydrogen) atoms. The molecule has 8 nitrogen and oxygen atoms in total. The SMILES string of the molecule is Cc1cc(CC(=O)NC(CC(C)C)c2nnc3n2CCNCC3)on1. The number of nitrogens with zero attached hydrogens (tertiary/aromatic N) is 4. The Morgan fingerprint density at radius 2 is 2.24 bits per heavy atom. The summed E-state index contributed by atoms with van der Waals surface area (Å²) in [5, 5.41) is 19.0.